The van der Waals surface area contributed by atoms with Crippen molar-refractivity contribution in [2.75, 3.05) is 0 Å². The van der Waals surface area contributed by atoms with E-state index < -0.39 is 7.14 Å². The Bertz CT molecular complexity index is 2410. The molecule has 0 saturated heterocycles. The van der Waals surface area contributed by atoms with Gasteiger partial charge in [-0.1, -0.05) is 109 Å². The van der Waals surface area contributed by atoms with Gasteiger partial charge in [-0.3, -0.25) is 4.40 Å². The van der Waals surface area contributed by atoms with E-state index in [1.54, 1.807) is 0 Å². The first-order valence-corrected chi connectivity index (χ1v) is 16.5. The summed E-state index contributed by atoms with van der Waals surface area (Å²) >= 11 is 0. The Hall–Kier alpha value is -4.98. The summed E-state index contributed by atoms with van der Waals surface area (Å²) in [6.45, 7) is 0. The maximum atomic E-state index is 16.2. The number of imidazole rings is 1. The summed E-state index contributed by atoms with van der Waals surface area (Å²) in [6, 6.07) is 43.9. The van der Waals surface area contributed by atoms with E-state index >= 15 is 4.57 Å². The van der Waals surface area contributed by atoms with Crippen molar-refractivity contribution in [2.24, 2.45) is 0 Å². The summed E-state index contributed by atoms with van der Waals surface area (Å²) < 4.78 is 18.5. The van der Waals surface area contributed by atoms with Gasteiger partial charge < -0.3 is 4.57 Å². The number of pyridine rings is 1. The molecule has 8 aromatic rings. The summed E-state index contributed by atoms with van der Waals surface area (Å²) in [4.78, 5) is 5.10. The fourth-order valence-electron chi connectivity index (χ4n) is 7.13. The molecule has 204 valence electrons. The lowest BCUT2D eigenvalue weighted by Crippen LogP contribution is -2.26. The number of nitrogens with zero attached hydrogens (tertiary/aromatic N) is 2. The Morgan fingerprint density at radius 3 is 2.02 bits per heavy atom. The highest BCUT2D eigenvalue weighted by Gasteiger charge is 2.34. The molecule has 4 heteroatoms. The normalized spacial score (nSPS) is 13.4. The second-order valence-electron chi connectivity index (χ2n) is 11.4. The molecule has 2 heterocycles. The molecule has 1 aliphatic rings. The third-order valence-corrected chi connectivity index (χ3v) is 12.2. The van der Waals surface area contributed by atoms with Gasteiger partial charge in [0.15, 0.2) is 7.14 Å². The van der Waals surface area contributed by atoms with Crippen LogP contribution in [0, 0.1) is 0 Å². The Morgan fingerprint density at radius 2 is 1.28 bits per heavy atom. The Balaban J connectivity index is 1.42. The molecule has 43 heavy (non-hydrogen) atoms. The summed E-state index contributed by atoms with van der Waals surface area (Å²) in [5.74, 6) is 0. The van der Waals surface area contributed by atoms with Gasteiger partial charge in [0.05, 0.1) is 16.7 Å². The van der Waals surface area contributed by atoms with Crippen LogP contribution in [0.3, 0.4) is 0 Å². The van der Waals surface area contributed by atoms with Crippen LogP contribution in [-0.2, 0) is 11.0 Å². The molecule has 2 aromatic heterocycles. The quantitative estimate of drug-likeness (QED) is 0.200. The largest absolute Gasteiger partial charge is 0.309 e. The van der Waals surface area contributed by atoms with Gasteiger partial charge in [-0.2, -0.15) is 0 Å². The zero-order valence-corrected chi connectivity index (χ0v) is 24.3. The minimum absolute atomic E-state index is 0.852. The third-order valence-electron chi connectivity index (χ3n) is 9.09. The number of allylic oxidation sites excluding steroid dienone is 1. The van der Waals surface area contributed by atoms with E-state index in [9.17, 15) is 0 Å². The lowest BCUT2D eigenvalue weighted by Gasteiger charge is -2.24. The van der Waals surface area contributed by atoms with E-state index in [4.69, 9.17) is 4.98 Å². The minimum Gasteiger partial charge on any atom is -0.309 e. The van der Waals surface area contributed by atoms with Gasteiger partial charge >= 0.3 is 0 Å². The van der Waals surface area contributed by atoms with Gasteiger partial charge in [-0.15, -0.1) is 0 Å². The molecule has 9 rings (SSSR count). The standard InChI is InChI=1S/C39H27N2OP/c42-43(37-21-9-13-26-11-1-3-15-29(26)37,38-22-10-14-27-12-2-4-16-30(27)38)28-23-24-32-33(25-28)31-17-5-7-19-35(31)41-36-20-8-6-18-34(36)40-39(32)41/h1-4,6-16,18-25H,5,17H2. The molecule has 0 bridgehead atoms. The molecule has 0 spiro atoms. The van der Waals surface area contributed by atoms with Gasteiger partial charge in [0, 0.05) is 21.3 Å². The van der Waals surface area contributed by atoms with Crippen LogP contribution in [0.4, 0.5) is 0 Å². The van der Waals surface area contributed by atoms with Gasteiger partial charge in [0.2, 0.25) is 0 Å². The Kier molecular flexibility index (Phi) is 5.30. The molecule has 0 amide bonds. The molecule has 3 nitrogen and oxygen atoms in total. The maximum absolute atomic E-state index is 16.2. The average molecular weight is 571 g/mol. The van der Waals surface area contributed by atoms with Crippen molar-refractivity contribution < 1.29 is 4.57 Å². The number of hydrogen-bond acceptors (Lipinski definition) is 2. The predicted octanol–water partition coefficient (Wildman–Crippen LogP) is 8.55. The van der Waals surface area contributed by atoms with Crippen molar-refractivity contribution >= 4 is 78.1 Å². The maximum Gasteiger partial charge on any atom is 0.172 e. The van der Waals surface area contributed by atoms with Crippen LogP contribution in [0.25, 0.3) is 55.1 Å². The second kappa shape index (κ2) is 9.26. The van der Waals surface area contributed by atoms with E-state index in [-0.39, 0.29) is 0 Å². The number of aryl methyl sites for hydroxylation is 1. The number of aromatic nitrogens is 2. The Labute approximate surface area is 249 Å². The highest BCUT2D eigenvalue weighted by molar-refractivity contribution is 7.86. The summed E-state index contributed by atoms with van der Waals surface area (Å²) in [7, 11) is -3.34. The SMILES string of the molecule is O=P(c1ccc2c(c1)c1c(n3c4ccccc4nc23)C=CCC1)(c1cccc2ccccc12)c1cccc2ccccc12. The molecular formula is C39H27N2OP. The topological polar surface area (TPSA) is 34.4 Å². The lowest BCUT2D eigenvalue weighted by atomic mass is 9.95. The lowest BCUT2D eigenvalue weighted by molar-refractivity contribution is 0.593. The zero-order valence-electron chi connectivity index (χ0n) is 23.4. The summed E-state index contributed by atoms with van der Waals surface area (Å²) in [5, 5.41) is 9.08. The third kappa shape index (κ3) is 3.49. The monoisotopic (exact) mass is 570 g/mol. The molecule has 1 aliphatic carbocycles. The highest BCUT2D eigenvalue weighted by Crippen LogP contribution is 2.47. The van der Waals surface area contributed by atoms with Crippen LogP contribution in [0.2, 0.25) is 0 Å². The second-order valence-corrected chi connectivity index (χ2v) is 14.1. The number of rotatable bonds is 3. The summed E-state index contributed by atoms with van der Waals surface area (Å²) in [6.07, 6.45) is 6.40. The highest BCUT2D eigenvalue weighted by atomic mass is 31.2. The molecule has 0 atom stereocenters. The molecule has 0 radical (unpaired) electrons. The van der Waals surface area contributed by atoms with Crippen molar-refractivity contribution in [1.82, 2.24) is 9.38 Å². The van der Waals surface area contributed by atoms with Crippen LogP contribution in [0.5, 0.6) is 0 Å². The first-order chi connectivity index (χ1) is 21.2. The van der Waals surface area contributed by atoms with Crippen molar-refractivity contribution in [1.29, 1.82) is 0 Å². The minimum atomic E-state index is -3.34. The predicted molar refractivity (Wildman–Crippen MR) is 182 cm³/mol. The van der Waals surface area contributed by atoms with Gasteiger partial charge in [0.25, 0.3) is 0 Å². The van der Waals surface area contributed by atoms with Crippen molar-refractivity contribution in [2.45, 2.75) is 12.8 Å². The van der Waals surface area contributed by atoms with E-state index in [0.29, 0.717) is 0 Å². The first kappa shape index (κ1) is 24.6. The molecule has 0 unspecified atom stereocenters. The van der Waals surface area contributed by atoms with Crippen LogP contribution >= 0.6 is 7.14 Å². The smallest absolute Gasteiger partial charge is 0.172 e. The molecular weight excluding hydrogens is 543 g/mol. The fraction of sp³-hybridized carbons (Fsp3) is 0.0513. The van der Waals surface area contributed by atoms with Crippen LogP contribution in [0.1, 0.15) is 17.7 Å². The number of para-hydroxylation sites is 2. The Morgan fingerprint density at radius 1 is 0.628 bits per heavy atom. The first-order valence-electron chi connectivity index (χ1n) is 14.8. The van der Waals surface area contributed by atoms with Crippen molar-refractivity contribution in [3.05, 3.63) is 145 Å². The number of fused-ring (bicyclic) bond motifs is 10. The van der Waals surface area contributed by atoms with Crippen LogP contribution in [0.15, 0.2) is 133 Å². The van der Waals surface area contributed by atoms with Crippen molar-refractivity contribution in [3.8, 4) is 0 Å². The number of hydrogen-bond donors (Lipinski definition) is 0. The molecule has 6 aromatic carbocycles. The molecule has 0 N–H and O–H groups in total. The number of benzene rings is 6. The van der Waals surface area contributed by atoms with Gasteiger partial charge in [-0.25, -0.2) is 4.98 Å². The molecule has 0 aliphatic heterocycles. The molecule has 0 saturated carbocycles. The average Bonchev–Trinajstić information content (AvgIpc) is 3.47. The van der Waals surface area contributed by atoms with Crippen LogP contribution in [-0.4, -0.2) is 9.38 Å². The molecule has 0 fully saturated rings. The van der Waals surface area contributed by atoms with Crippen molar-refractivity contribution in [3.63, 3.8) is 0 Å². The fourth-order valence-corrected chi connectivity index (χ4v) is 10.2. The summed E-state index contributed by atoms with van der Waals surface area (Å²) in [5.41, 5.74) is 5.50. The van der Waals surface area contributed by atoms with E-state index in [2.05, 4.69) is 101 Å². The van der Waals surface area contributed by atoms with E-state index in [0.717, 1.165) is 77.8 Å². The van der Waals surface area contributed by atoms with Gasteiger partial charge in [-0.05, 0) is 75.7 Å². The van der Waals surface area contributed by atoms with E-state index in [1.807, 2.05) is 42.5 Å². The van der Waals surface area contributed by atoms with Gasteiger partial charge in [0.1, 0.15) is 5.65 Å². The zero-order chi connectivity index (χ0) is 28.5. The van der Waals surface area contributed by atoms with E-state index in [1.165, 1.54) is 11.3 Å². The van der Waals surface area contributed by atoms with Crippen LogP contribution < -0.4 is 15.9 Å².